The van der Waals surface area contributed by atoms with E-state index in [0.29, 0.717) is 48.3 Å². The van der Waals surface area contributed by atoms with Gasteiger partial charge in [-0.1, -0.05) is 27.2 Å². The van der Waals surface area contributed by atoms with Gasteiger partial charge in [-0.05, 0) is 38.4 Å². The molecule has 1 atom stereocenters. The van der Waals surface area contributed by atoms with Gasteiger partial charge in [0.2, 0.25) is 5.91 Å². The van der Waals surface area contributed by atoms with Crippen LogP contribution in [-0.4, -0.2) is 79.1 Å². The molecular formula is C27H41N7O6. The molecule has 0 radical (unpaired) electrons. The molecule has 1 fully saturated rings. The van der Waals surface area contributed by atoms with Gasteiger partial charge in [-0.2, -0.15) is 0 Å². The first-order chi connectivity index (χ1) is 19.4. The number of nitrogens with zero attached hydrogens (tertiary/aromatic N) is 3. The number of rotatable bonds is 10. The van der Waals surface area contributed by atoms with Crippen LogP contribution in [0.15, 0.2) is 18.2 Å². The molecule has 2 amide bonds. The number of carbonyl (C=O) groups excluding carboxylic acids is 2. The van der Waals surface area contributed by atoms with Gasteiger partial charge in [-0.3, -0.25) is 19.7 Å². The normalized spacial score (nSPS) is 16.7. The second-order valence-electron chi connectivity index (χ2n) is 9.53. The number of amides is 2. The fourth-order valence-corrected chi connectivity index (χ4v) is 4.41. The summed E-state index contributed by atoms with van der Waals surface area (Å²) in [5.41, 5.74) is 7.41. The quantitative estimate of drug-likeness (QED) is 0.214. The summed E-state index contributed by atoms with van der Waals surface area (Å²) in [4.78, 5) is 40.0. The van der Waals surface area contributed by atoms with Crippen molar-refractivity contribution in [3.63, 3.8) is 0 Å². The van der Waals surface area contributed by atoms with E-state index < -0.39 is 11.9 Å². The topological polar surface area (TPSA) is 173 Å². The molecule has 1 saturated heterocycles. The number of ether oxygens (including phenoxy) is 2. The maximum absolute atomic E-state index is 12.8. The van der Waals surface area contributed by atoms with Crippen LogP contribution in [0.25, 0.3) is 0 Å². The lowest BCUT2D eigenvalue weighted by Crippen LogP contribution is -2.51. The van der Waals surface area contributed by atoms with Crippen molar-refractivity contribution in [2.45, 2.75) is 58.5 Å². The third kappa shape index (κ3) is 7.78. The van der Waals surface area contributed by atoms with Crippen LogP contribution in [0.5, 0.6) is 5.75 Å². The Bertz CT molecular complexity index is 1140. The fourth-order valence-electron chi connectivity index (χ4n) is 4.41. The minimum absolute atomic E-state index is 0.0269. The van der Waals surface area contributed by atoms with Crippen LogP contribution in [0.1, 0.15) is 56.2 Å². The maximum Gasteiger partial charge on any atom is 0.271 e. The van der Waals surface area contributed by atoms with E-state index in [1.54, 1.807) is 25.2 Å². The van der Waals surface area contributed by atoms with Gasteiger partial charge < -0.3 is 31.2 Å². The summed E-state index contributed by atoms with van der Waals surface area (Å²) >= 11 is 0. The van der Waals surface area contributed by atoms with Crippen LogP contribution in [-0.2, 0) is 20.8 Å². The van der Waals surface area contributed by atoms with Gasteiger partial charge in [0.1, 0.15) is 19.0 Å². The summed E-state index contributed by atoms with van der Waals surface area (Å²) in [5.74, 6) is 0.349. The maximum atomic E-state index is 12.8. The number of benzene rings is 1. The van der Waals surface area contributed by atoms with Gasteiger partial charge >= 0.3 is 0 Å². The molecule has 13 heteroatoms. The van der Waals surface area contributed by atoms with E-state index >= 15 is 0 Å². The highest BCUT2D eigenvalue weighted by Gasteiger charge is 2.32. The standard InChI is InChI=1S/C24H33N7O6.C3H8/c1-3-17-23(27-14-6-8-35-9-7-14)30-24(21(29-17)22(25)33)28-15-4-5-18-19(10-15)36-12-16(13-37-34)31(18)20(32)11-26-2;1-3-2/h4-5,10,14,16,26,34H,3,6-9,11-13H2,1-2H3,(H2,25,33)(H2,27,28,30);3H2,1-2H3. The molecule has 220 valence electrons. The molecule has 13 nitrogen and oxygen atoms in total. The highest BCUT2D eigenvalue weighted by atomic mass is 17.1. The molecular weight excluding hydrogens is 518 g/mol. The predicted molar refractivity (Wildman–Crippen MR) is 152 cm³/mol. The number of carbonyl (C=O) groups is 2. The highest BCUT2D eigenvalue weighted by Crippen LogP contribution is 2.37. The minimum atomic E-state index is -0.702. The number of primary amides is 1. The van der Waals surface area contributed by atoms with Crippen molar-refractivity contribution in [3.05, 3.63) is 29.6 Å². The molecule has 6 N–H and O–H groups in total. The molecule has 4 rings (SSSR count). The Kier molecular flexibility index (Phi) is 11.9. The largest absolute Gasteiger partial charge is 0.489 e. The number of likely N-dealkylation sites (N-methyl/N-ethyl adjacent to an activating group) is 1. The summed E-state index contributed by atoms with van der Waals surface area (Å²) in [5, 5.41) is 18.4. The first-order valence-electron chi connectivity index (χ1n) is 13.7. The molecule has 0 aliphatic carbocycles. The lowest BCUT2D eigenvalue weighted by molar-refractivity contribution is -0.246. The van der Waals surface area contributed by atoms with Crippen molar-refractivity contribution < 1.29 is 29.2 Å². The lowest BCUT2D eigenvalue weighted by Gasteiger charge is -2.36. The summed E-state index contributed by atoms with van der Waals surface area (Å²) in [7, 11) is 1.68. The highest BCUT2D eigenvalue weighted by molar-refractivity contribution is 5.98. The monoisotopic (exact) mass is 559 g/mol. The van der Waals surface area contributed by atoms with Crippen LogP contribution >= 0.6 is 0 Å². The number of fused-ring (bicyclic) bond motifs is 1. The Balaban J connectivity index is 0.00000141. The van der Waals surface area contributed by atoms with E-state index in [1.807, 2.05) is 6.92 Å². The number of hydrogen-bond acceptors (Lipinski definition) is 11. The van der Waals surface area contributed by atoms with Crippen LogP contribution in [0.2, 0.25) is 0 Å². The average Bonchev–Trinajstić information content (AvgIpc) is 2.94. The predicted octanol–water partition coefficient (Wildman–Crippen LogP) is 2.69. The third-order valence-electron chi connectivity index (χ3n) is 6.24. The molecule has 3 heterocycles. The van der Waals surface area contributed by atoms with Crippen molar-refractivity contribution in [1.82, 2.24) is 15.3 Å². The number of nitrogens with one attached hydrogen (secondary N) is 3. The SMILES string of the molecule is CCC.CCc1nc(C(N)=O)c(Nc2ccc3c(c2)OCC(COO)N3C(=O)CNC)nc1NC1CCOCC1. The van der Waals surface area contributed by atoms with Gasteiger partial charge in [0, 0.05) is 31.0 Å². The molecule has 0 bridgehead atoms. The molecule has 1 unspecified atom stereocenters. The first kappa shape index (κ1) is 31.0. The van der Waals surface area contributed by atoms with Gasteiger partial charge in [0.15, 0.2) is 17.3 Å². The number of anilines is 4. The van der Waals surface area contributed by atoms with E-state index in [2.05, 4.69) is 44.7 Å². The van der Waals surface area contributed by atoms with E-state index in [9.17, 15) is 9.59 Å². The Labute approximate surface area is 234 Å². The number of aryl methyl sites for hydroxylation is 1. The molecule has 2 aliphatic heterocycles. The average molecular weight is 560 g/mol. The number of hydrogen-bond donors (Lipinski definition) is 5. The van der Waals surface area contributed by atoms with Crippen LogP contribution in [0.4, 0.5) is 23.0 Å². The van der Waals surface area contributed by atoms with Crippen molar-refractivity contribution in [3.8, 4) is 5.75 Å². The van der Waals surface area contributed by atoms with Crippen molar-refractivity contribution in [1.29, 1.82) is 0 Å². The Morgan fingerprint density at radius 2 is 1.90 bits per heavy atom. The van der Waals surface area contributed by atoms with Crippen LogP contribution < -0.4 is 31.3 Å². The molecule has 40 heavy (non-hydrogen) atoms. The van der Waals surface area contributed by atoms with Crippen molar-refractivity contribution in [2.24, 2.45) is 5.73 Å². The van der Waals surface area contributed by atoms with E-state index in [-0.39, 0.29) is 43.2 Å². The molecule has 1 aromatic heterocycles. The Morgan fingerprint density at radius 3 is 2.52 bits per heavy atom. The van der Waals surface area contributed by atoms with Crippen molar-refractivity contribution >= 4 is 34.8 Å². The second-order valence-corrected chi connectivity index (χ2v) is 9.53. The zero-order chi connectivity index (χ0) is 29.1. The second kappa shape index (κ2) is 15.3. The fraction of sp³-hybridized carbons (Fsp3) is 0.556. The van der Waals surface area contributed by atoms with Gasteiger partial charge in [0.05, 0.1) is 24.0 Å². The Hall–Kier alpha value is -3.52. The molecule has 2 aliphatic rings. The van der Waals surface area contributed by atoms with Gasteiger partial charge in [-0.15, -0.1) is 0 Å². The van der Waals surface area contributed by atoms with Gasteiger partial charge in [0.25, 0.3) is 5.91 Å². The summed E-state index contributed by atoms with van der Waals surface area (Å²) < 4.78 is 11.3. The molecule has 1 aromatic carbocycles. The van der Waals surface area contributed by atoms with Crippen LogP contribution in [0, 0.1) is 0 Å². The van der Waals surface area contributed by atoms with E-state index in [0.717, 1.165) is 12.8 Å². The van der Waals surface area contributed by atoms with E-state index in [1.165, 1.54) is 11.3 Å². The minimum Gasteiger partial charge on any atom is -0.489 e. The van der Waals surface area contributed by atoms with Crippen LogP contribution in [0.3, 0.4) is 0 Å². The molecule has 2 aromatic rings. The number of nitrogens with two attached hydrogens (primary N) is 1. The lowest BCUT2D eigenvalue weighted by atomic mass is 10.1. The zero-order valence-corrected chi connectivity index (χ0v) is 23.7. The van der Waals surface area contributed by atoms with Crippen molar-refractivity contribution in [2.75, 3.05) is 55.6 Å². The van der Waals surface area contributed by atoms with Gasteiger partial charge in [-0.25, -0.2) is 14.9 Å². The zero-order valence-electron chi connectivity index (χ0n) is 23.7. The Morgan fingerprint density at radius 1 is 1.18 bits per heavy atom. The summed E-state index contributed by atoms with van der Waals surface area (Å²) in [6, 6.07) is 4.85. The molecule has 0 spiro atoms. The molecule has 0 saturated carbocycles. The number of aromatic nitrogens is 2. The summed E-state index contributed by atoms with van der Waals surface area (Å²) in [6.07, 6.45) is 3.51. The van der Waals surface area contributed by atoms with E-state index in [4.69, 9.17) is 20.5 Å². The first-order valence-corrected chi connectivity index (χ1v) is 13.7. The smallest absolute Gasteiger partial charge is 0.271 e. The third-order valence-corrected chi connectivity index (χ3v) is 6.24. The summed E-state index contributed by atoms with van der Waals surface area (Å²) in [6.45, 7) is 7.67.